The van der Waals surface area contributed by atoms with Crippen molar-refractivity contribution in [1.29, 1.82) is 0 Å². The van der Waals surface area contributed by atoms with E-state index in [2.05, 4.69) is 5.43 Å². The minimum atomic E-state index is -0.156. The molecule has 2 aromatic rings. The highest BCUT2D eigenvalue weighted by molar-refractivity contribution is 5.94. The Kier molecular flexibility index (Phi) is 5.86. The summed E-state index contributed by atoms with van der Waals surface area (Å²) in [5, 5.41) is 0. The zero-order valence-corrected chi connectivity index (χ0v) is 14.6. The standard InChI is InChI=1S/C20H23N3O3/c21-22-19(24)16-10-12-23(13-11-16)20(25)17-6-8-18(9-7-17)26-14-15-4-2-1-3-5-15/h1-9,16H,10-14,21H2,(H,22,24). The summed E-state index contributed by atoms with van der Waals surface area (Å²) in [5.74, 6) is 5.61. The van der Waals surface area contributed by atoms with Crippen LogP contribution in [-0.4, -0.2) is 29.8 Å². The van der Waals surface area contributed by atoms with E-state index in [9.17, 15) is 9.59 Å². The van der Waals surface area contributed by atoms with Gasteiger partial charge in [0.1, 0.15) is 12.4 Å². The highest BCUT2D eigenvalue weighted by atomic mass is 16.5. The number of nitrogens with one attached hydrogen (secondary N) is 1. The summed E-state index contributed by atoms with van der Waals surface area (Å²) < 4.78 is 5.74. The molecule has 1 aliphatic heterocycles. The molecule has 0 spiro atoms. The van der Waals surface area contributed by atoms with Gasteiger partial charge in [-0.2, -0.15) is 0 Å². The molecule has 2 aromatic carbocycles. The number of hydrogen-bond donors (Lipinski definition) is 2. The second-order valence-electron chi connectivity index (χ2n) is 6.37. The predicted octanol–water partition coefficient (Wildman–Crippen LogP) is 2.11. The number of nitrogens with two attached hydrogens (primary N) is 1. The molecule has 0 aromatic heterocycles. The molecule has 1 fully saturated rings. The van der Waals surface area contributed by atoms with Crippen LogP contribution in [0.2, 0.25) is 0 Å². The number of rotatable bonds is 5. The first kappa shape index (κ1) is 17.9. The van der Waals surface area contributed by atoms with Gasteiger partial charge in [-0.1, -0.05) is 30.3 Å². The molecule has 1 aliphatic rings. The van der Waals surface area contributed by atoms with Crippen LogP contribution in [0, 0.1) is 5.92 Å². The molecule has 2 amide bonds. The van der Waals surface area contributed by atoms with Gasteiger partial charge >= 0.3 is 0 Å². The normalized spacial score (nSPS) is 14.7. The minimum Gasteiger partial charge on any atom is -0.489 e. The number of carbonyl (C=O) groups is 2. The molecule has 3 rings (SSSR count). The lowest BCUT2D eigenvalue weighted by molar-refractivity contribution is -0.126. The molecular weight excluding hydrogens is 330 g/mol. The Morgan fingerprint density at radius 2 is 1.69 bits per heavy atom. The van der Waals surface area contributed by atoms with Gasteiger partial charge in [0.2, 0.25) is 5.91 Å². The average molecular weight is 353 g/mol. The van der Waals surface area contributed by atoms with E-state index in [1.165, 1.54) is 0 Å². The Hall–Kier alpha value is -2.86. The zero-order chi connectivity index (χ0) is 18.4. The van der Waals surface area contributed by atoms with Gasteiger partial charge in [-0.3, -0.25) is 15.0 Å². The van der Waals surface area contributed by atoms with Crippen LogP contribution in [-0.2, 0) is 11.4 Å². The molecule has 1 heterocycles. The van der Waals surface area contributed by atoms with Crippen LogP contribution in [0.15, 0.2) is 54.6 Å². The van der Waals surface area contributed by atoms with E-state index < -0.39 is 0 Å². The van der Waals surface area contributed by atoms with Crippen molar-refractivity contribution in [2.24, 2.45) is 11.8 Å². The number of hydrazine groups is 1. The molecule has 1 saturated heterocycles. The summed E-state index contributed by atoms with van der Waals surface area (Å²) >= 11 is 0. The number of carbonyl (C=O) groups excluding carboxylic acids is 2. The second-order valence-corrected chi connectivity index (χ2v) is 6.37. The first-order chi connectivity index (χ1) is 12.7. The highest BCUT2D eigenvalue weighted by Crippen LogP contribution is 2.20. The lowest BCUT2D eigenvalue weighted by atomic mass is 9.95. The summed E-state index contributed by atoms with van der Waals surface area (Å²) in [6, 6.07) is 17.1. The van der Waals surface area contributed by atoms with Crippen molar-refractivity contribution in [3.05, 3.63) is 65.7 Å². The van der Waals surface area contributed by atoms with E-state index in [0.717, 1.165) is 11.3 Å². The van der Waals surface area contributed by atoms with E-state index in [-0.39, 0.29) is 17.7 Å². The SMILES string of the molecule is NNC(=O)C1CCN(C(=O)c2ccc(OCc3ccccc3)cc2)CC1. The summed E-state index contributed by atoms with van der Waals surface area (Å²) in [6.07, 6.45) is 1.26. The summed E-state index contributed by atoms with van der Waals surface area (Å²) in [4.78, 5) is 25.9. The van der Waals surface area contributed by atoms with Gasteiger partial charge in [0.15, 0.2) is 0 Å². The first-order valence-electron chi connectivity index (χ1n) is 8.74. The molecule has 0 bridgehead atoms. The van der Waals surface area contributed by atoms with E-state index in [1.54, 1.807) is 17.0 Å². The number of benzene rings is 2. The van der Waals surface area contributed by atoms with Gasteiger partial charge in [0, 0.05) is 24.6 Å². The van der Waals surface area contributed by atoms with Gasteiger partial charge in [-0.05, 0) is 42.7 Å². The van der Waals surface area contributed by atoms with Crippen molar-refractivity contribution in [2.45, 2.75) is 19.4 Å². The lowest BCUT2D eigenvalue weighted by Crippen LogP contribution is -2.44. The quantitative estimate of drug-likeness (QED) is 0.490. The maximum absolute atomic E-state index is 12.6. The molecule has 0 saturated carbocycles. The topological polar surface area (TPSA) is 84.7 Å². The average Bonchev–Trinajstić information content (AvgIpc) is 2.72. The molecule has 0 radical (unpaired) electrons. The predicted molar refractivity (Wildman–Crippen MR) is 98.2 cm³/mol. The van der Waals surface area contributed by atoms with Gasteiger partial charge in [-0.15, -0.1) is 0 Å². The smallest absolute Gasteiger partial charge is 0.253 e. The van der Waals surface area contributed by atoms with Crippen molar-refractivity contribution >= 4 is 11.8 Å². The highest BCUT2D eigenvalue weighted by Gasteiger charge is 2.27. The number of ether oxygens (including phenoxy) is 1. The van der Waals surface area contributed by atoms with Crippen molar-refractivity contribution in [2.75, 3.05) is 13.1 Å². The molecular formula is C20H23N3O3. The molecule has 0 atom stereocenters. The largest absolute Gasteiger partial charge is 0.489 e. The monoisotopic (exact) mass is 353 g/mol. The lowest BCUT2D eigenvalue weighted by Gasteiger charge is -2.31. The minimum absolute atomic E-state index is 0.0220. The third-order valence-electron chi connectivity index (χ3n) is 4.64. The van der Waals surface area contributed by atoms with E-state index in [4.69, 9.17) is 10.6 Å². The Morgan fingerprint density at radius 1 is 1.04 bits per heavy atom. The van der Waals surface area contributed by atoms with Gasteiger partial charge in [0.05, 0.1) is 0 Å². The van der Waals surface area contributed by atoms with Crippen LogP contribution < -0.4 is 16.0 Å². The van der Waals surface area contributed by atoms with Crippen molar-refractivity contribution in [1.82, 2.24) is 10.3 Å². The first-order valence-corrected chi connectivity index (χ1v) is 8.74. The van der Waals surface area contributed by atoms with Crippen LogP contribution in [0.4, 0.5) is 0 Å². The fourth-order valence-corrected chi connectivity index (χ4v) is 3.08. The number of nitrogens with zero attached hydrogens (tertiary/aromatic N) is 1. The van der Waals surface area contributed by atoms with Crippen LogP contribution in [0.5, 0.6) is 5.75 Å². The van der Waals surface area contributed by atoms with E-state index in [1.807, 2.05) is 42.5 Å². The molecule has 0 unspecified atom stereocenters. The molecule has 26 heavy (non-hydrogen) atoms. The third kappa shape index (κ3) is 4.40. The van der Waals surface area contributed by atoms with Crippen LogP contribution in [0.25, 0.3) is 0 Å². The fraction of sp³-hybridized carbons (Fsp3) is 0.300. The molecule has 3 N–H and O–H groups in total. The Bertz CT molecular complexity index is 739. The van der Waals surface area contributed by atoms with E-state index in [0.29, 0.717) is 38.1 Å². The maximum atomic E-state index is 12.6. The zero-order valence-electron chi connectivity index (χ0n) is 14.6. The number of piperidine rings is 1. The van der Waals surface area contributed by atoms with E-state index >= 15 is 0 Å². The molecule has 136 valence electrons. The van der Waals surface area contributed by atoms with Crippen LogP contribution in [0.3, 0.4) is 0 Å². The molecule has 6 heteroatoms. The summed E-state index contributed by atoms with van der Waals surface area (Å²) in [6.45, 7) is 1.61. The van der Waals surface area contributed by atoms with Gasteiger partial charge in [-0.25, -0.2) is 5.84 Å². The second kappa shape index (κ2) is 8.49. The van der Waals surface area contributed by atoms with Crippen LogP contribution in [0.1, 0.15) is 28.8 Å². The Morgan fingerprint density at radius 3 is 2.31 bits per heavy atom. The maximum Gasteiger partial charge on any atom is 0.253 e. The fourth-order valence-electron chi connectivity index (χ4n) is 3.08. The van der Waals surface area contributed by atoms with Crippen molar-refractivity contribution in [3.63, 3.8) is 0 Å². The Labute approximate surface area is 152 Å². The molecule has 6 nitrogen and oxygen atoms in total. The third-order valence-corrected chi connectivity index (χ3v) is 4.64. The number of amides is 2. The number of likely N-dealkylation sites (tertiary alicyclic amines) is 1. The van der Waals surface area contributed by atoms with Crippen LogP contribution >= 0.6 is 0 Å². The Balaban J connectivity index is 1.53. The summed E-state index contributed by atoms with van der Waals surface area (Å²) in [7, 11) is 0. The van der Waals surface area contributed by atoms with Crippen molar-refractivity contribution < 1.29 is 14.3 Å². The van der Waals surface area contributed by atoms with Gasteiger partial charge in [0.25, 0.3) is 5.91 Å². The van der Waals surface area contributed by atoms with Crippen molar-refractivity contribution in [3.8, 4) is 5.75 Å². The number of hydrogen-bond acceptors (Lipinski definition) is 4. The molecule has 0 aliphatic carbocycles. The van der Waals surface area contributed by atoms with Gasteiger partial charge < -0.3 is 9.64 Å². The summed E-state index contributed by atoms with van der Waals surface area (Å²) in [5.41, 5.74) is 3.90.